The second-order valence-electron chi connectivity index (χ2n) is 5.54. The molecule has 2 aromatic rings. The van der Waals surface area contributed by atoms with Crippen LogP contribution in [0.3, 0.4) is 0 Å². The zero-order valence-electron chi connectivity index (χ0n) is 14.1. The number of ether oxygens (including phenoxy) is 1. The fourth-order valence-corrected chi connectivity index (χ4v) is 3.21. The third kappa shape index (κ3) is 4.83. The van der Waals surface area contributed by atoms with Gasteiger partial charge in [-0.3, -0.25) is 0 Å². The number of hydrogen-bond acceptors (Lipinski definition) is 4. The van der Waals surface area contributed by atoms with Crippen molar-refractivity contribution < 1.29 is 13.2 Å². The summed E-state index contributed by atoms with van der Waals surface area (Å²) in [6.07, 6.45) is 2.41. The zero-order chi connectivity index (χ0) is 17.6. The maximum atomic E-state index is 12.3. The molecule has 0 atom stereocenters. The number of hydrazone groups is 1. The highest BCUT2D eigenvalue weighted by atomic mass is 32.2. The number of nitrogens with zero attached hydrogens (tertiary/aromatic N) is 1. The molecule has 0 amide bonds. The summed E-state index contributed by atoms with van der Waals surface area (Å²) in [5.41, 5.74) is 2.48. The maximum absolute atomic E-state index is 12.3. The molecule has 2 aromatic carbocycles. The van der Waals surface area contributed by atoms with E-state index >= 15 is 0 Å². The van der Waals surface area contributed by atoms with Gasteiger partial charge in [0.25, 0.3) is 10.0 Å². The maximum Gasteiger partial charge on any atom is 0.276 e. The summed E-state index contributed by atoms with van der Waals surface area (Å²) in [6.45, 7) is 6.40. The monoisotopic (exact) mass is 346 g/mol. The summed E-state index contributed by atoms with van der Waals surface area (Å²) in [7, 11) is -3.67. The average Bonchev–Trinajstić information content (AvgIpc) is 2.53. The second-order valence-corrected chi connectivity index (χ2v) is 7.17. The van der Waals surface area contributed by atoms with Gasteiger partial charge in [-0.2, -0.15) is 13.5 Å². The molecule has 0 unspecified atom stereocenters. The molecule has 0 saturated heterocycles. The van der Waals surface area contributed by atoms with Crippen LogP contribution in [-0.4, -0.2) is 21.2 Å². The molecule has 0 radical (unpaired) electrons. The lowest BCUT2D eigenvalue weighted by Crippen LogP contribution is -2.19. The lowest BCUT2D eigenvalue weighted by Gasteiger charge is -2.07. The molecule has 0 aromatic heterocycles. The molecule has 0 heterocycles. The number of nitrogens with one attached hydrogen (secondary N) is 1. The highest BCUT2D eigenvalue weighted by molar-refractivity contribution is 7.89. The minimum Gasteiger partial charge on any atom is -0.494 e. The Labute approximate surface area is 143 Å². The quantitative estimate of drug-likeness (QED) is 0.617. The van der Waals surface area contributed by atoms with Crippen molar-refractivity contribution in [3.63, 3.8) is 0 Å². The first-order chi connectivity index (χ1) is 11.4. The van der Waals surface area contributed by atoms with E-state index in [1.165, 1.54) is 6.21 Å². The molecule has 128 valence electrons. The van der Waals surface area contributed by atoms with Crippen LogP contribution < -0.4 is 9.57 Å². The van der Waals surface area contributed by atoms with Crippen LogP contribution in [0.15, 0.2) is 52.5 Å². The van der Waals surface area contributed by atoms with Gasteiger partial charge < -0.3 is 4.74 Å². The van der Waals surface area contributed by atoms with Gasteiger partial charge in [0.15, 0.2) is 0 Å². The third-order valence-corrected chi connectivity index (χ3v) is 4.74. The summed E-state index contributed by atoms with van der Waals surface area (Å²) in [6, 6.07) is 12.5. The van der Waals surface area contributed by atoms with Gasteiger partial charge in [0.05, 0.1) is 17.7 Å². The number of benzene rings is 2. The predicted octanol–water partition coefficient (Wildman–Crippen LogP) is 3.40. The fourth-order valence-electron chi connectivity index (χ4n) is 2.19. The van der Waals surface area contributed by atoms with Gasteiger partial charge in [-0.1, -0.05) is 24.6 Å². The topological polar surface area (TPSA) is 67.8 Å². The minimum absolute atomic E-state index is 0.230. The van der Waals surface area contributed by atoms with Crippen molar-refractivity contribution in [1.29, 1.82) is 0 Å². The lowest BCUT2D eigenvalue weighted by atomic mass is 10.2. The average molecular weight is 346 g/mol. The normalized spacial score (nSPS) is 11.6. The van der Waals surface area contributed by atoms with E-state index in [-0.39, 0.29) is 4.90 Å². The van der Waals surface area contributed by atoms with E-state index in [2.05, 4.69) is 9.93 Å². The van der Waals surface area contributed by atoms with Crippen LogP contribution in [0.5, 0.6) is 5.75 Å². The van der Waals surface area contributed by atoms with Crippen molar-refractivity contribution in [1.82, 2.24) is 4.83 Å². The Kier molecular flexibility index (Phi) is 5.98. The summed E-state index contributed by atoms with van der Waals surface area (Å²) < 4.78 is 30.1. The van der Waals surface area contributed by atoms with Crippen molar-refractivity contribution in [2.45, 2.75) is 32.1 Å². The molecule has 0 fully saturated rings. The predicted molar refractivity (Wildman–Crippen MR) is 96.1 cm³/mol. The van der Waals surface area contributed by atoms with Crippen molar-refractivity contribution in [2.75, 3.05) is 6.61 Å². The minimum atomic E-state index is -3.67. The number of sulfonamides is 1. The van der Waals surface area contributed by atoms with Crippen molar-refractivity contribution >= 4 is 16.2 Å². The van der Waals surface area contributed by atoms with Crippen molar-refractivity contribution in [3.8, 4) is 5.75 Å². The van der Waals surface area contributed by atoms with E-state index < -0.39 is 10.0 Å². The first kappa shape index (κ1) is 18.0. The van der Waals surface area contributed by atoms with Gasteiger partial charge in [-0.15, -0.1) is 0 Å². The van der Waals surface area contributed by atoms with E-state index in [9.17, 15) is 8.42 Å². The van der Waals surface area contributed by atoms with Gasteiger partial charge in [-0.25, -0.2) is 4.83 Å². The Balaban J connectivity index is 2.04. The zero-order valence-corrected chi connectivity index (χ0v) is 14.9. The molecule has 0 saturated carbocycles. The molecule has 1 N–H and O–H groups in total. The van der Waals surface area contributed by atoms with Crippen LogP contribution in [0, 0.1) is 13.8 Å². The standard InChI is InChI=1S/C18H22N2O3S/c1-4-11-23-17-8-6-16(7-9-17)13-19-20-24(21,22)18-10-5-14(2)12-15(18)3/h5-10,12-13,20H,4,11H2,1-3H3/b19-13+. The molecular formula is C18H22N2O3S. The summed E-state index contributed by atoms with van der Waals surface area (Å²) in [5.74, 6) is 0.782. The number of rotatable bonds is 7. The molecule has 24 heavy (non-hydrogen) atoms. The number of hydrogen-bond donors (Lipinski definition) is 1. The second kappa shape index (κ2) is 7.97. The van der Waals surface area contributed by atoms with Crippen molar-refractivity contribution in [3.05, 3.63) is 59.2 Å². The molecule has 6 heteroatoms. The molecular weight excluding hydrogens is 324 g/mol. The molecule has 0 bridgehead atoms. The van der Waals surface area contributed by atoms with E-state index in [4.69, 9.17) is 4.74 Å². The molecule has 0 spiro atoms. The first-order valence-corrected chi connectivity index (χ1v) is 9.25. The van der Waals surface area contributed by atoms with Crippen LogP contribution in [-0.2, 0) is 10.0 Å². The van der Waals surface area contributed by atoms with E-state index in [0.717, 1.165) is 23.3 Å². The SMILES string of the molecule is CCCOc1ccc(/C=N/NS(=O)(=O)c2ccc(C)cc2C)cc1. The molecule has 0 aliphatic carbocycles. The van der Waals surface area contributed by atoms with Crippen LogP contribution in [0.4, 0.5) is 0 Å². The molecule has 5 nitrogen and oxygen atoms in total. The third-order valence-electron chi connectivity index (χ3n) is 3.36. The Bertz CT molecular complexity index is 813. The first-order valence-electron chi connectivity index (χ1n) is 7.77. The van der Waals surface area contributed by atoms with Crippen LogP contribution in [0.1, 0.15) is 30.0 Å². The van der Waals surface area contributed by atoms with Gasteiger partial charge in [0.1, 0.15) is 5.75 Å². The Morgan fingerprint density at radius 3 is 2.46 bits per heavy atom. The highest BCUT2D eigenvalue weighted by Crippen LogP contribution is 2.16. The smallest absolute Gasteiger partial charge is 0.276 e. The Hall–Kier alpha value is -2.34. The van der Waals surface area contributed by atoms with E-state index in [0.29, 0.717) is 12.2 Å². The van der Waals surface area contributed by atoms with Gasteiger partial charge in [0, 0.05) is 0 Å². The van der Waals surface area contributed by atoms with Gasteiger partial charge in [-0.05, 0) is 61.7 Å². The van der Waals surface area contributed by atoms with Crippen LogP contribution in [0.2, 0.25) is 0 Å². The van der Waals surface area contributed by atoms with E-state index in [1.807, 2.05) is 44.2 Å². The van der Waals surface area contributed by atoms with Crippen LogP contribution >= 0.6 is 0 Å². The largest absolute Gasteiger partial charge is 0.494 e. The number of aryl methyl sites for hydroxylation is 2. The lowest BCUT2D eigenvalue weighted by molar-refractivity contribution is 0.317. The summed E-state index contributed by atoms with van der Waals surface area (Å²) in [4.78, 5) is 2.47. The molecule has 0 aliphatic heterocycles. The van der Waals surface area contributed by atoms with Crippen LogP contribution in [0.25, 0.3) is 0 Å². The van der Waals surface area contributed by atoms with Crippen molar-refractivity contribution in [2.24, 2.45) is 5.10 Å². The van der Waals surface area contributed by atoms with Gasteiger partial charge in [0.2, 0.25) is 0 Å². The molecule has 0 aliphatic rings. The van der Waals surface area contributed by atoms with Gasteiger partial charge >= 0.3 is 0 Å². The fraction of sp³-hybridized carbons (Fsp3) is 0.278. The Morgan fingerprint density at radius 2 is 1.83 bits per heavy atom. The Morgan fingerprint density at radius 1 is 1.12 bits per heavy atom. The highest BCUT2D eigenvalue weighted by Gasteiger charge is 2.15. The summed E-state index contributed by atoms with van der Waals surface area (Å²) >= 11 is 0. The molecule has 2 rings (SSSR count). The summed E-state index contributed by atoms with van der Waals surface area (Å²) in [5, 5.41) is 3.84. The van der Waals surface area contributed by atoms with E-state index in [1.54, 1.807) is 19.1 Å².